The summed E-state index contributed by atoms with van der Waals surface area (Å²) in [6.45, 7) is 3.75. The number of fused-ring (bicyclic) bond motifs is 1. The van der Waals surface area contributed by atoms with Gasteiger partial charge in [-0.15, -0.1) is 0 Å². The van der Waals surface area contributed by atoms with E-state index in [-0.39, 0.29) is 31.5 Å². The van der Waals surface area contributed by atoms with Crippen molar-refractivity contribution in [3.05, 3.63) is 79.8 Å². The number of likely N-dealkylation sites (tertiary alicyclic amines) is 1. The van der Waals surface area contributed by atoms with Crippen LogP contribution in [0, 0.1) is 0 Å². The third kappa shape index (κ3) is 3.98. The first-order valence-electron chi connectivity index (χ1n) is 10.8. The van der Waals surface area contributed by atoms with Gasteiger partial charge in [-0.2, -0.15) is 0 Å². The number of aromatic nitrogens is 3. The van der Waals surface area contributed by atoms with Crippen molar-refractivity contribution < 1.29 is 13.9 Å². The van der Waals surface area contributed by atoms with Crippen LogP contribution in [0.1, 0.15) is 6.42 Å². The molecule has 1 saturated heterocycles. The molecule has 33 heavy (non-hydrogen) atoms. The molecule has 0 radical (unpaired) electrons. The normalized spacial score (nSPS) is 17.9. The first-order valence-corrected chi connectivity index (χ1v) is 10.8. The molecular formula is C26H23FN4O2. The van der Waals surface area contributed by atoms with Gasteiger partial charge in [0.1, 0.15) is 18.5 Å². The summed E-state index contributed by atoms with van der Waals surface area (Å²) in [5, 5.41) is 0. The van der Waals surface area contributed by atoms with Crippen LogP contribution in [0.2, 0.25) is 0 Å². The summed E-state index contributed by atoms with van der Waals surface area (Å²) in [6, 6.07) is 15.4. The fourth-order valence-electron chi connectivity index (χ4n) is 4.40. The highest BCUT2D eigenvalue weighted by Crippen LogP contribution is 2.40. The monoisotopic (exact) mass is 442 g/mol. The van der Waals surface area contributed by atoms with E-state index in [1.807, 2.05) is 48.5 Å². The van der Waals surface area contributed by atoms with Crippen molar-refractivity contribution in [2.75, 3.05) is 13.2 Å². The standard InChI is InChI=1S/C26H23FN4O2/c1-2-23(32)31-15-18(27)13-19(31)16-33-22-14-28-12-10-20(22)25-24(17-7-4-3-5-8-17)26-21(30-25)9-6-11-29-26/h2-12,14,18-19,30H,1,13,15-16H2/t18-,19-/m0/s1. The Balaban J connectivity index is 1.53. The van der Waals surface area contributed by atoms with Gasteiger partial charge in [0.15, 0.2) is 0 Å². The van der Waals surface area contributed by atoms with Crippen LogP contribution in [0.25, 0.3) is 33.4 Å². The number of benzene rings is 1. The number of pyridine rings is 2. The molecule has 1 amide bonds. The number of carbonyl (C=O) groups excluding carboxylic acids is 1. The van der Waals surface area contributed by atoms with E-state index in [1.54, 1.807) is 18.6 Å². The lowest BCUT2D eigenvalue weighted by molar-refractivity contribution is -0.127. The maximum Gasteiger partial charge on any atom is 0.246 e. The zero-order chi connectivity index (χ0) is 22.8. The van der Waals surface area contributed by atoms with Crippen LogP contribution >= 0.6 is 0 Å². The molecule has 1 N–H and O–H groups in total. The molecule has 6 nitrogen and oxygen atoms in total. The fraction of sp³-hybridized carbons (Fsp3) is 0.192. The Morgan fingerprint density at radius 2 is 2.06 bits per heavy atom. The van der Waals surface area contributed by atoms with E-state index in [2.05, 4.69) is 21.5 Å². The minimum Gasteiger partial charge on any atom is -0.489 e. The average molecular weight is 442 g/mol. The van der Waals surface area contributed by atoms with Crippen LogP contribution < -0.4 is 4.74 Å². The average Bonchev–Trinajstić information content (AvgIpc) is 3.43. The Kier molecular flexibility index (Phi) is 5.60. The summed E-state index contributed by atoms with van der Waals surface area (Å²) in [4.78, 5) is 25.9. The minimum atomic E-state index is -1.07. The second-order valence-corrected chi connectivity index (χ2v) is 8.00. The Bertz CT molecular complexity index is 1300. The summed E-state index contributed by atoms with van der Waals surface area (Å²) >= 11 is 0. The topological polar surface area (TPSA) is 71.1 Å². The SMILES string of the molecule is C=CC(=O)N1C[C@@H](F)C[C@H]1COc1cnccc1-c1[nH]c2cccnc2c1-c1ccccc1. The van der Waals surface area contributed by atoms with Crippen LogP contribution in [-0.2, 0) is 4.79 Å². The molecule has 1 fully saturated rings. The van der Waals surface area contributed by atoms with Crippen molar-refractivity contribution in [1.82, 2.24) is 19.9 Å². The van der Waals surface area contributed by atoms with Crippen molar-refractivity contribution in [2.24, 2.45) is 0 Å². The molecule has 1 aliphatic rings. The molecule has 0 aliphatic carbocycles. The molecule has 2 atom stereocenters. The lowest BCUT2D eigenvalue weighted by Crippen LogP contribution is -2.38. The largest absolute Gasteiger partial charge is 0.489 e. The van der Waals surface area contributed by atoms with Crippen LogP contribution in [-0.4, -0.2) is 51.1 Å². The van der Waals surface area contributed by atoms with Gasteiger partial charge in [-0.05, 0) is 29.8 Å². The Hall–Kier alpha value is -4.00. The maximum atomic E-state index is 14.0. The highest BCUT2D eigenvalue weighted by atomic mass is 19.1. The first-order chi connectivity index (χ1) is 16.2. The Labute approximate surface area is 190 Å². The molecular weight excluding hydrogens is 419 g/mol. The Morgan fingerprint density at radius 1 is 1.21 bits per heavy atom. The highest BCUT2D eigenvalue weighted by Gasteiger charge is 2.35. The number of alkyl halides is 1. The number of nitrogens with one attached hydrogen (secondary N) is 1. The van der Waals surface area contributed by atoms with Crippen molar-refractivity contribution >= 4 is 16.9 Å². The van der Waals surface area contributed by atoms with E-state index in [1.165, 1.54) is 11.0 Å². The molecule has 0 unspecified atom stereocenters. The van der Waals surface area contributed by atoms with Crippen LogP contribution in [0.15, 0.2) is 79.8 Å². The van der Waals surface area contributed by atoms with E-state index < -0.39 is 6.17 Å². The second kappa shape index (κ2) is 8.86. The van der Waals surface area contributed by atoms with Gasteiger partial charge in [0.05, 0.1) is 35.5 Å². The molecule has 1 aromatic carbocycles. The van der Waals surface area contributed by atoms with Crippen LogP contribution in [0.3, 0.4) is 0 Å². The number of ether oxygens (including phenoxy) is 1. The number of rotatable bonds is 6. The molecule has 7 heteroatoms. The first kappa shape index (κ1) is 20.9. The van der Waals surface area contributed by atoms with Gasteiger partial charge in [0, 0.05) is 29.9 Å². The summed E-state index contributed by atoms with van der Waals surface area (Å²) in [7, 11) is 0. The second-order valence-electron chi connectivity index (χ2n) is 8.00. The van der Waals surface area contributed by atoms with Gasteiger partial charge < -0.3 is 14.6 Å². The zero-order valence-electron chi connectivity index (χ0n) is 17.9. The van der Waals surface area contributed by atoms with E-state index in [4.69, 9.17) is 4.74 Å². The molecule has 0 saturated carbocycles. The molecule has 4 aromatic rings. The molecule has 0 spiro atoms. The number of hydrogen-bond donors (Lipinski definition) is 1. The van der Waals surface area contributed by atoms with Gasteiger partial charge >= 0.3 is 0 Å². The molecule has 0 bridgehead atoms. The van der Waals surface area contributed by atoms with Crippen molar-refractivity contribution in [3.8, 4) is 28.1 Å². The fourth-order valence-corrected chi connectivity index (χ4v) is 4.40. The number of carbonyl (C=O) groups is 1. The molecule has 1 aliphatic heterocycles. The number of H-pyrrole nitrogens is 1. The van der Waals surface area contributed by atoms with E-state index >= 15 is 0 Å². The lowest BCUT2D eigenvalue weighted by atomic mass is 10.0. The smallest absolute Gasteiger partial charge is 0.246 e. The van der Waals surface area contributed by atoms with Gasteiger partial charge in [-0.25, -0.2) is 4.39 Å². The zero-order valence-corrected chi connectivity index (χ0v) is 17.9. The van der Waals surface area contributed by atoms with Crippen LogP contribution in [0.5, 0.6) is 5.75 Å². The van der Waals surface area contributed by atoms with Gasteiger partial charge in [0.2, 0.25) is 5.91 Å². The predicted octanol–water partition coefficient (Wildman–Crippen LogP) is 4.80. The van der Waals surface area contributed by atoms with Crippen molar-refractivity contribution in [3.63, 3.8) is 0 Å². The minimum absolute atomic E-state index is 0.0601. The van der Waals surface area contributed by atoms with Crippen molar-refractivity contribution in [2.45, 2.75) is 18.6 Å². The maximum absolute atomic E-state index is 14.0. The number of halogens is 1. The molecule has 4 heterocycles. The third-order valence-electron chi connectivity index (χ3n) is 5.92. The number of aromatic amines is 1. The molecule has 166 valence electrons. The molecule has 3 aromatic heterocycles. The van der Waals surface area contributed by atoms with E-state index in [9.17, 15) is 9.18 Å². The summed E-state index contributed by atoms with van der Waals surface area (Å²) in [5.74, 6) is 0.262. The quantitative estimate of drug-likeness (QED) is 0.436. The van der Waals surface area contributed by atoms with E-state index in [0.717, 1.165) is 33.4 Å². The number of nitrogens with zero attached hydrogens (tertiary/aromatic N) is 3. The highest BCUT2D eigenvalue weighted by molar-refractivity contribution is 6.02. The Morgan fingerprint density at radius 3 is 2.88 bits per heavy atom. The van der Waals surface area contributed by atoms with Gasteiger partial charge in [-0.1, -0.05) is 36.9 Å². The summed E-state index contributed by atoms with van der Waals surface area (Å²) in [6.07, 6.45) is 5.50. The summed E-state index contributed by atoms with van der Waals surface area (Å²) in [5.41, 5.74) is 5.45. The number of amides is 1. The third-order valence-corrected chi connectivity index (χ3v) is 5.92. The predicted molar refractivity (Wildman–Crippen MR) is 125 cm³/mol. The molecule has 5 rings (SSSR count). The van der Waals surface area contributed by atoms with E-state index in [0.29, 0.717) is 5.75 Å². The van der Waals surface area contributed by atoms with Gasteiger partial charge in [-0.3, -0.25) is 14.8 Å². The summed E-state index contributed by atoms with van der Waals surface area (Å²) < 4.78 is 20.2. The van der Waals surface area contributed by atoms with Crippen molar-refractivity contribution in [1.29, 1.82) is 0 Å². The van der Waals surface area contributed by atoms with Crippen LogP contribution in [0.4, 0.5) is 4.39 Å². The number of hydrogen-bond acceptors (Lipinski definition) is 4. The van der Waals surface area contributed by atoms with Gasteiger partial charge in [0.25, 0.3) is 0 Å². The lowest BCUT2D eigenvalue weighted by Gasteiger charge is -2.23.